The molecule has 1 aromatic heterocycles. The van der Waals surface area contributed by atoms with E-state index in [0.29, 0.717) is 11.6 Å². The predicted molar refractivity (Wildman–Crippen MR) is 98.1 cm³/mol. The second-order valence-corrected chi connectivity index (χ2v) is 6.53. The predicted octanol–water partition coefficient (Wildman–Crippen LogP) is 4.86. The van der Waals surface area contributed by atoms with Crippen molar-refractivity contribution in [2.24, 2.45) is 0 Å². The molecule has 3 aromatic rings. The van der Waals surface area contributed by atoms with Gasteiger partial charge in [-0.15, -0.1) is 0 Å². The fourth-order valence-electron chi connectivity index (χ4n) is 2.68. The summed E-state index contributed by atoms with van der Waals surface area (Å²) in [5, 5.41) is 0.612. The largest absolute Gasteiger partial charge is 0.441 e. The number of aromatic nitrogens is 1. The van der Waals surface area contributed by atoms with Gasteiger partial charge >= 0.3 is 0 Å². The minimum Gasteiger partial charge on any atom is -0.441 e. The Morgan fingerprint density at radius 2 is 1.89 bits per heavy atom. The molecule has 0 unspecified atom stereocenters. The summed E-state index contributed by atoms with van der Waals surface area (Å²) in [6, 6.07) is 10.9. The zero-order valence-corrected chi connectivity index (χ0v) is 15.3. The molecule has 0 radical (unpaired) electrons. The van der Waals surface area contributed by atoms with E-state index in [0.717, 1.165) is 17.7 Å². The lowest BCUT2D eigenvalue weighted by atomic mass is 10.1. The third kappa shape index (κ3) is 4.71. The van der Waals surface area contributed by atoms with E-state index >= 15 is 0 Å². The molecule has 0 fully saturated rings. The summed E-state index contributed by atoms with van der Waals surface area (Å²) in [4.78, 5) is 17.9. The van der Waals surface area contributed by atoms with Gasteiger partial charge in [-0.1, -0.05) is 29.8 Å². The number of hydrogen-bond acceptors (Lipinski definition) is 3. The summed E-state index contributed by atoms with van der Waals surface area (Å²) in [7, 11) is 1.69. The van der Waals surface area contributed by atoms with Gasteiger partial charge in [-0.2, -0.15) is 0 Å². The van der Waals surface area contributed by atoms with Crippen LogP contribution in [-0.2, 0) is 17.8 Å². The van der Waals surface area contributed by atoms with Crippen LogP contribution in [0.25, 0.3) is 11.3 Å². The van der Waals surface area contributed by atoms with Gasteiger partial charge in [0.25, 0.3) is 0 Å². The molecule has 2 aromatic carbocycles. The van der Waals surface area contributed by atoms with Gasteiger partial charge in [-0.05, 0) is 29.8 Å². The Kier molecular flexibility index (Phi) is 5.86. The highest BCUT2D eigenvalue weighted by atomic mass is 35.5. The van der Waals surface area contributed by atoms with Crippen molar-refractivity contribution in [3.8, 4) is 11.3 Å². The first-order chi connectivity index (χ1) is 12.9. The fraction of sp³-hybridized carbons (Fsp3) is 0.200. The Hall–Kier alpha value is -2.73. The van der Waals surface area contributed by atoms with Gasteiger partial charge in [-0.25, -0.2) is 13.8 Å². The lowest BCUT2D eigenvalue weighted by molar-refractivity contribution is -0.130. The topological polar surface area (TPSA) is 46.3 Å². The molecule has 0 saturated heterocycles. The fourth-order valence-corrected chi connectivity index (χ4v) is 2.89. The molecule has 7 heteroatoms. The number of hydrogen-bond donors (Lipinski definition) is 0. The summed E-state index contributed by atoms with van der Waals surface area (Å²) < 4.78 is 33.0. The van der Waals surface area contributed by atoms with Crippen LogP contribution in [0.5, 0.6) is 0 Å². The maximum Gasteiger partial charge on any atom is 0.223 e. The molecule has 3 rings (SSSR count). The highest BCUT2D eigenvalue weighted by Crippen LogP contribution is 2.26. The first kappa shape index (κ1) is 19.0. The molecule has 0 aliphatic carbocycles. The zero-order valence-electron chi connectivity index (χ0n) is 14.6. The Balaban J connectivity index is 1.60. The van der Waals surface area contributed by atoms with E-state index in [2.05, 4.69) is 4.98 Å². The summed E-state index contributed by atoms with van der Waals surface area (Å²) >= 11 is 5.95. The summed E-state index contributed by atoms with van der Waals surface area (Å²) in [5.41, 5.74) is 0.660. The molecule has 140 valence electrons. The maximum atomic E-state index is 13.8. The smallest absolute Gasteiger partial charge is 0.223 e. The Labute approximate surface area is 160 Å². The van der Waals surface area contributed by atoms with Gasteiger partial charge in [0.1, 0.15) is 11.6 Å². The summed E-state index contributed by atoms with van der Waals surface area (Å²) in [6.07, 6.45) is 1.66. The number of aryl methyl sites for hydroxylation is 1. The minimum atomic E-state index is -0.727. The van der Waals surface area contributed by atoms with Gasteiger partial charge < -0.3 is 9.32 Å². The molecule has 0 spiro atoms. The number of carbonyl (C=O) groups excluding carboxylic acids is 1. The van der Waals surface area contributed by atoms with Gasteiger partial charge in [0.05, 0.1) is 11.8 Å². The van der Waals surface area contributed by atoms with Crippen molar-refractivity contribution in [2.75, 3.05) is 7.05 Å². The molecular formula is C20H17ClF2N2O2. The molecule has 27 heavy (non-hydrogen) atoms. The van der Waals surface area contributed by atoms with Crippen molar-refractivity contribution < 1.29 is 18.0 Å². The number of amides is 1. The highest BCUT2D eigenvalue weighted by molar-refractivity contribution is 6.30. The number of benzene rings is 2. The van der Waals surface area contributed by atoms with E-state index in [1.807, 2.05) is 12.1 Å². The zero-order chi connectivity index (χ0) is 19.4. The molecule has 0 aliphatic rings. The molecule has 0 saturated carbocycles. The van der Waals surface area contributed by atoms with E-state index in [1.54, 1.807) is 24.1 Å². The number of carbonyl (C=O) groups is 1. The van der Waals surface area contributed by atoms with Gasteiger partial charge in [-0.3, -0.25) is 4.79 Å². The quantitative estimate of drug-likeness (QED) is 0.603. The Morgan fingerprint density at radius 3 is 2.59 bits per heavy atom. The molecule has 0 aliphatic heterocycles. The van der Waals surface area contributed by atoms with Crippen LogP contribution in [0, 0.1) is 11.6 Å². The van der Waals surface area contributed by atoms with Gasteiger partial charge in [0, 0.05) is 31.5 Å². The normalized spacial score (nSPS) is 10.8. The van der Waals surface area contributed by atoms with Crippen molar-refractivity contribution >= 4 is 17.5 Å². The molecule has 4 nitrogen and oxygen atoms in total. The van der Waals surface area contributed by atoms with Crippen molar-refractivity contribution in [1.82, 2.24) is 9.88 Å². The van der Waals surface area contributed by atoms with E-state index in [4.69, 9.17) is 16.0 Å². The van der Waals surface area contributed by atoms with Crippen molar-refractivity contribution in [1.29, 1.82) is 0 Å². The lowest BCUT2D eigenvalue weighted by Crippen LogP contribution is -2.26. The monoisotopic (exact) mass is 390 g/mol. The first-order valence-electron chi connectivity index (χ1n) is 8.31. The molecule has 1 amide bonds. The van der Waals surface area contributed by atoms with Crippen LogP contribution in [0.3, 0.4) is 0 Å². The van der Waals surface area contributed by atoms with Crippen LogP contribution in [-0.4, -0.2) is 22.8 Å². The molecule has 0 N–H and O–H groups in total. The summed E-state index contributed by atoms with van der Waals surface area (Å²) in [6.45, 7) is 0.427. The lowest BCUT2D eigenvalue weighted by Gasteiger charge is -2.17. The number of halogens is 3. The number of rotatable bonds is 6. The average molecular weight is 391 g/mol. The van der Waals surface area contributed by atoms with Crippen LogP contribution < -0.4 is 0 Å². The third-order valence-corrected chi connectivity index (χ3v) is 4.29. The molecule has 0 bridgehead atoms. The Morgan fingerprint density at radius 1 is 1.19 bits per heavy atom. The maximum absolute atomic E-state index is 13.8. The average Bonchev–Trinajstić information content (AvgIpc) is 3.08. The standard InChI is InChI=1S/C20H17ClF2N2O2/c1-25(12-13-4-2-5-14(21)10-13)19(26)9-8-18-24-11-17(27-18)20-15(22)6-3-7-16(20)23/h2-7,10-11H,8-9,12H2,1H3. The van der Waals surface area contributed by atoms with Crippen LogP contribution in [0.4, 0.5) is 8.78 Å². The van der Waals surface area contributed by atoms with E-state index < -0.39 is 11.6 Å². The third-order valence-electron chi connectivity index (χ3n) is 4.05. The Bertz CT molecular complexity index is 938. The number of oxazole rings is 1. The first-order valence-corrected chi connectivity index (χ1v) is 8.69. The second kappa shape index (κ2) is 8.31. The van der Waals surface area contributed by atoms with Crippen LogP contribution in [0.2, 0.25) is 5.02 Å². The van der Waals surface area contributed by atoms with Gasteiger partial charge in [0.2, 0.25) is 5.91 Å². The number of nitrogens with zero attached hydrogens (tertiary/aromatic N) is 2. The molecular weight excluding hydrogens is 374 g/mol. The van der Waals surface area contributed by atoms with Crippen LogP contribution in [0.1, 0.15) is 17.9 Å². The van der Waals surface area contributed by atoms with E-state index in [9.17, 15) is 13.6 Å². The molecule has 0 atom stereocenters. The van der Waals surface area contributed by atoms with E-state index in [1.165, 1.54) is 12.3 Å². The summed E-state index contributed by atoms with van der Waals surface area (Å²) in [5.74, 6) is -1.31. The van der Waals surface area contributed by atoms with Crippen LogP contribution in [0.15, 0.2) is 53.1 Å². The van der Waals surface area contributed by atoms with Crippen molar-refractivity contribution in [2.45, 2.75) is 19.4 Å². The second-order valence-electron chi connectivity index (χ2n) is 6.09. The molecule has 1 heterocycles. The minimum absolute atomic E-state index is 0.000306. The van der Waals surface area contributed by atoms with Crippen molar-refractivity contribution in [3.05, 3.63) is 76.8 Å². The van der Waals surface area contributed by atoms with Crippen LogP contribution >= 0.6 is 11.6 Å². The van der Waals surface area contributed by atoms with Gasteiger partial charge in [0.15, 0.2) is 11.7 Å². The highest BCUT2D eigenvalue weighted by Gasteiger charge is 2.17. The van der Waals surface area contributed by atoms with E-state index in [-0.39, 0.29) is 36.0 Å². The van der Waals surface area contributed by atoms with Crippen molar-refractivity contribution in [3.63, 3.8) is 0 Å². The SMILES string of the molecule is CN(Cc1cccc(Cl)c1)C(=O)CCc1ncc(-c2c(F)cccc2F)o1.